The maximum absolute atomic E-state index is 11.3. The number of anilines is 1. The average molecular weight is 317 g/mol. The number of imidazole rings is 1. The average Bonchev–Trinajstić information content (AvgIpc) is 2.85. The molecule has 0 unspecified atom stereocenters. The Morgan fingerprint density at radius 3 is 2.50 bits per heavy atom. The van der Waals surface area contributed by atoms with Crippen molar-refractivity contribution in [2.45, 2.75) is 0 Å². The molecule has 114 valence electrons. The highest BCUT2D eigenvalue weighted by Gasteiger charge is 2.09. The Morgan fingerprint density at radius 1 is 1.18 bits per heavy atom. The van der Waals surface area contributed by atoms with Crippen LogP contribution in [0.5, 0.6) is 0 Å². The van der Waals surface area contributed by atoms with Crippen molar-refractivity contribution < 1.29 is 4.79 Å². The number of amides is 1. The van der Waals surface area contributed by atoms with Crippen molar-refractivity contribution in [2.24, 2.45) is 12.8 Å². The largest absolute Gasteiger partial charge is 0.327 e. The third kappa shape index (κ3) is 2.95. The van der Waals surface area contributed by atoms with Crippen molar-refractivity contribution in [1.82, 2.24) is 9.55 Å². The van der Waals surface area contributed by atoms with E-state index in [4.69, 9.17) is 5.73 Å². The Kier molecular flexibility index (Phi) is 4.80. The summed E-state index contributed by atoms with van der Waals surface area (Å²) in [7, 11) is 1.99. The molecule has 3 N–H and O–H groups in total. The lowest BCUT2D eigenvalue weighted by atomic mass is 10.2. The predicted octanol–water partition coefficient (Wildman–Crippen LogP) is 2.56. The number of rotatable bonds is 3. The van der Waals surface area contributed by atoms with Crippen LogP contribution in [-0.4, -0.2) is 22.0 Å². The Morgan fingerprint density at radius 2 is 1.86 bits per heavy atom. The number of aryl methyl sites for hydroxylation is 1. The molecule has 0 aliphatic carbocycles. The van der Waals surface area contributed by atoms with Crippen LogP contribution in [0.25, 0.3) is 22.4 Å². The number of halogens is 1. The SMILES string of the molecule is Cl.Cn1c(-c2ccc(NC(=O)CN)cc2)nc2ccccc21. The molecule has 1 aromatic heterocycles. The molecule has 6 heteroatoms. The van der Waals surface area contributed by atoms with Crippen molar-refractivity contribution in [3.8, 4) is 11.4 Å². The van der Waals surface area contributed by atoms with E-state index in [9.17, 15) is 4.79 Å². The van der Waals surface area contributed by atoms with Gasteiger partial charge in [0.15, 0.2) is 0 Å². The molecule has 0 saturated carbocycles. The van der Waals surface area contributed by atoms with Crippen molar-refractivity contribution in [1.29, 1.82) is 0 Å². The van der Waals surface area contributed by atoms with Crippen molar-refractivity contribution in [3.63, 3.8) is 0 Å². The van der Waals surface area contributed by atoms with Crippen molar-refractivity contribution >= 4 is 35.0 Å². The normalized spacial score (nSPS) is 10.3. The van der Waals surface area contributed by atoms with Crippen LogP contribution in [0.3, 0.4) is 0 Å². The number of carbonyl (C=O) groups is 1. The fourth-order valence-electron chi connectivity index (χ4n) is 2.32. The molecule has 3 rings (SSSR count). The highest BCUT2D eigenvalue weighted by molar-refractivity contribution is 5.92. The third-order valence-electron chi connectivity index (χ3n) is 3.40. The Hall–Kier alpha value is -2.37. The Bertz CT molecular complexity index is 796. The van der Waals surface area contributed by atoms with Gasteiger partial charge in [-0.25, -0.2) is 4.98 Å². The standard InChI is InChI=1S/C16H16N4O.ClH/c1-20-14-5-3-2-4-13(14)19-16(20)11-6-8-12(9-7-11)18-15(21)10-17;/h2-9H,10,17H2,1H3,(H,18,21);1H. The second-order valence-electron chi connectivity index (χ2n) is 4.81. The zero-order chi connectivity index (χ0) is 14.8. The Balaban J connectivity index is 0.00000176. The Labute approximate surface area is 134 Å². The smallest absolute Gasteiger partial charge is 0.238 e. The molecule has 3 aromatic rings. The van der Waals surface area contributed by atoms with Gasteiger partial charge in [-0.2, -0.15) is 0 Å². The van der Waals surface area contributed by atoms with Crippen molar-refractivity contribution in [2.75, 3.05) is 11.9 Å². The van der Waals surface area contributed by atoms with Gasteiger partial charge in [0, 0.05) is 18.3 Å². The van der Waals surface area contributed by atoms with Crippen molar-refractivity contribution in [3.05, 3.63) is 48.5 Å². The summed E-state index contributed by atoms with van der Waals surface area (Å²) in [6.07, 6.45) is 0. The molecule has 1 amide bonds. The van der Waals surface area contributed by atoms with E-state index in [0.29, 0.717) is 0 Å². The molecule has 0 bridgehead atoms. The maximum atomic E-state index is 11.3. The molecule has 22 heavy (non-hydrogen) atoms. The van der Waals surface area contributed by atoms with Gasteiger partial charge >= 0.3 is 0 Å². The third-order valence-corrected chi connectivity index (χ3v) is 3.40. The zero-order valence-electron chi connectivity index (χ0n) is 12.1. The highest BCUT2D eigenvalue weighted by Crippen LogP contribution is 2.24. The van der Waals surface area contributed by atoms with Gasteiger partial charge in [-0.05, 0) is 36.4 Å². The predicted molar refractivity (Wildman–Crippen MR) is 91.1 cm³/mol. The molecule has 0 spiro atoms. The van der Waals surface area contributed by atoms with E-state index in [1.54, 1.807) is 0 Å². The molecule has 0 atom stereocenters. The van der Waals surface area contributed by atoms with E-state index >= 15 is 0 Å². The molecule has 5 nitrogen and oxygen atoms in total. The summed E-state index contributed by atoms with van der Waals surface area (Å²) in [5.41, 5.74) is 9.07. The number of benzene rings is 2. The second-order valence-corrected chi connectivity index (χ2v) is 4.81. The number of nitrogens with one attached hydrogen (secondary N) is 1. The first-order valence-electron chi connectivity index (χ1n) is 6.71. The molecule has 0 aliphatic heterocycles. The number of aromatic nitrogens is 2. The first kappa shape index (κ1) is 16.0. The van der Waals surface area contributed by atoms with Crippen LogP contribution in [-0.2, 0) is 11.8 Å². The van der Waals surface area contributed by atoms with E-state index < -0.39 is 0 Å². The zero-order valence-corrected chi connectivity index (χ0v) is 12.9. The fraction of sp³-hybridized carbons (Fsp3) is 0.125. The fourth-order valence-corrected chi connectivity index (χ4v) is 2.32. The van der Waals surface area contributed by atoms with Crippen LogP contribution in [0.1, 0.15) is 0 Å². The molecule has 0 radical (unpaired) electrons. The quantitative estimate of drug-likeness (QED) is 0.780. The van der Waals surface area contributed by atoms with Gasteiger partial charge in [0.05, 0.1) is 17.6 Å². The van der Waals surface area contributed by atoms with E-state index in [2.05, 4.69) is 14.9 Å². The number of carbonyl (C=O) groups excluding carboxylic acids is 1. The number of nitrogens with zero attached hydrogens (tertiary/aromatic N) is 2. The van der Waals surface area contributed by atoms with E-state index in [0.717, 1.165) is 28.1 Å². The van der Waals surface area contributed by atoms with Crippen LogP contribution >= 0.6 is 12.4 Å². The van der Waals surface area contributed by atoms with Crippen LogP contribution in [0, 0.1) is 0 Å². The summed E-state index contributed by atoms with van der Waals surface area (Å²) in [5.74, 6) is 0.693. The van der Waals surface area contributed by atoms with Crippen LogP contribution in [0.2, 0.25) is 0 Å². The minimum absolute atomic E-state index is 0. The molecule has 0 fully saturated rings. The minimum atomic E-state index is -0.203. The number of hydrogen-bond donors (Lipinski definition) is 2. The lowest BCUT2D eigenvalue weighted by molar-refractivity contribution is -0.114. The van der Waals surface area contributed by atoms with Gasteiger partial charge in [-0.15, -0.1) is 12.4 Å². The molecule has 0 aliphatic rings. The topological polar surface area (TPSA) is 72.9 Å². The van der Waals surface area contributed by atoms with Crippen LogP contribution < -0.4 is 11.1 Å². The van der Waals surface area contributed by atoms with Gasteiger partial charge in [0.25, 0.3) is 0 Å². The minimum Gasteiger partial charge on any atom is -0.327 e. The first-order chi connectivity index (χ1) is 10.2. The van der Waals surface area contributed by atoms with Crippen LogP contribution in [0.15, 0.2) is 48.5 Å². The molecule has 2 aromatic carbocycles. The number of fused-ring (bicyclic) bond motifs is 1. The monoisotopic (exact) mass is 316 g/mol. The van der Waals surface area contributed by atoms with Crippen LogP contribution in [0.4, 0.5) is 5.69 Å². The number of nitrogens with two attached hydrogens (primary N) is 1. The molecular formula is C16H17ClN4O. The molecular weight excluding hydrogens is 300 g/mol. The highest BCUT2D eigenvalue weighted by atomic mass is 35.5. The summed E-state index contributed by atoms with van der Waals surface area (Å²) >= 11 is 0. The van der Waals surface area contributed by atoms with Gasteiger partial charge in [-0.3, -0.25) is 4.79 Å². The lowest BCUT2D eigenvalue weighted by Gasteiger charge is -2.06. The van der Waals surface area contributed by atoms with Gasteiger partial charge in [0.1, 0.15) is 5.82 Å². The molecule has 1 heterocycles. The summed E-state index contributed by atoms with van der Waals surface area (Å²) in [5, 5.41) is 2.72. The van der Waals surface area contributed by atoms with E-state index in [1.165, 1.54) is 0 Å². The molecule has 0 saturated heterocycles. The van der Waals surface area contributed by atoms with Gasteiger partial charge < -0.3 is 15.6 Å². The lowest BCUT2D eigenvalue weighted by Crippen LogP contribution is -2.21. The second kappa shape index (κ2) is 6.60. The first-order valence-corrected chi connectivity index (χ1v) is 6.71. The number of para-hydroxylation sites is 2. The van der Waals surface area contributed by atoms with E-state index in [-0.39, 0.29) is 24.9 Å². The summed E-state index contributed by atoms with van der Waals surface area (Å²) in [6, 6.07) is 15.6. The maximum Gasteiger partial charge on any atom is 0.238 e. The van der Waals surface area contributed by atoms with Gasteiger partial charge in [0.2, 0.25) is 5.91 Å². The number of hydrogen-bond acceptors (Lipinski definition) is 3. The summed E-state index contributed by atoms with van der Waals surface area (Å²) in [6.45, 7) is -0.0213. The van der Waals surface area contributed by atoms with E-state index in [1.807, 2.05) is 55.6 Å². The van der Waals surface area contributed by atoms with Gasteiger partial charge in [-0.1, -0.05) is 12.1 Å². The summed E-state index contributed by atoms with van der Waals surface area (Å²) in [4.78, 5) is 15.9. The summed E-state index contributed by atoms with van der Waals surface area (Å²) < 4.78 is 2.06.